The summed E-state index contributed by atoms with van der Waals surface area (Å²) in [6.07, 6.45) is 9.47. The van der Waals surface area contributed by atoms with Gasteiger partial charge in [-0.2, -0.15) is 11.8 Å². The lowest BCUT2D eigenvalue weighted by Gasteiger charge is -2.28. The van der Waals surface area contributed by atoms with Crippen LogP contribution in [0.1, 0.15) is 36.2 Å². The van der Waals surface area contributed by atoms with Crippen LogP contribution in [-0.2, 0) is 0 Å². The number of carbonyl (C=O) groups is 1. The Labute approximate surface area is 116 Å². The average Bonchev–Trinajstić information content (AvgIpc) is 2.47. The second kappa shape index (κ2) is 6.72. The first-order chi connectivity index (χ1) is 9.22. The third-order valence-electron chi connectivity index (χ3n) is 3.33. The Hall–Kier alpha value is -1.34. The Morgan fingerprint density at radius 3 is 2.89 bits per heavy atom. The fourth-order valence-corrected chi connectivity index (χ4v) is 3.10. The van der Waals surface area contributed by atoms with E-state index >= 15 is 0 Å². The number of anilines is 1. The molecule has 1 aromatic heterocycles. The first-order valence-electron chi connectivity index (χ1n) is 6.35. The van der Waals surface area contributed by atoms with Gasteiger partial charge in [0.15, 0.2) is 5.82 Å². The Morgan fingerprint density at radius 1 is 1.42 bits per heavy atom. The molecule has 0 aromatic carbocycles. The lowest BCUT2D eigenvalue weighted by molar-refractivity contribution is 0.0923. The molecule has 1 aromatic rings. The predicted molar refractivity (Wildman–Crippen MR) is 76.9 cm³/mol. The summed E-state index contributed by atoms with van der Waals surface area (Å²) in [6, 6.07) is 0.243. The molecule has 1 saturated carbocycles. The molecule has 0 aliphatic heterocycles. The highest BCUT2D eigenvalue weighted by Crippen LogP contribution is 2.26. The first kappa shape index (κ1) is 14.1. The second-order valence-corrected chi connectivity index (χ2v) is 5.76. The van der Waals surface area contributed by atoms with Crippen molar-refractivity contribution in [1.29, 1.82) is 0 Å². The van der Waals surface area contributed by atoms with E-state index < -0.39 is 0 Å². The number of amides is 1. The number of nitrogens with one attached hydrogen (secondary N) is 2. The monoisotopic (exact) mass is 281 g/mol. The van der Waals surface area contributed by atoms with Crippen LogP contribution in [-0.4, -0.2) is 33.4 Å². The zero-order chi connectivity index (χ0) is 13.7. The van der Waals surface area contributed by atoms with Gasteiger partial charge >= 0.3 is 0 Å². The molecule has 7 heteroatoms. The number of nitrogen functional groups attached to an aromatic ring is 1. The molecule has 2 rings (SSSR count). The van der Waals surface area contributed by atoms with E-state index in [1.165, 1.54) is 18.8 Å². The van der Waals surface area contributed by atoms with Gasteiger partial charge in [0.2, 0.25) is 0 Å². The molecule has 2 atom stereocenters. The van der Waals surface area contributed by atoms with Crippen LogP contribution in [0.15, 0.2) is 12.4 Å². The van der Waals surface area contributed by atoms with Crippen LogP contribution in [0.3, 0.4) is 0 Å². The molecular formula is C12H19N5OS. The molecule has 1 heterocycles. The van der Waals surface area contributed by atoms with Crippen molar-refractivity contribution >= 4 is 23.5 Å². The predicted octanol–water partition coefficient (Wildman–Crippen LogP) is 1.17. The minimum atomic E-state index is -0.164. The highest BCUT2D eigenvalue weighted by atomic mass is 32.2. The fraction of sp³-hybridized carbons (Fsp3) is 0.583. The number of nitrogens with zero attached hydrogens (tertiary/aromatic N) is 2. The van der Waals surface area contributed by atoms with Crippen molar-refractivity contribution < 1.29 is 4.79 Å². The molecule has 6 nitrogen and oxygen atoms in total. The van der Waals surface area contributed by atoms with E-state index in [0.717, 1.165) is 19.3 Å². The lowest BCUT2D eigenvalue weighted by Crippen LogP contribution is -2.39. The van der Waals surface area contributed by atoms with Crippen molar-refractivity contribution in [3.63, 3.8) is 0 Å². The topological polar surface area (TPSA) is 92.9 Å². The summed E-state index contributed by atoms with van der Waals surface area (Å²) in [4.78, 5) is 20.0. The summed E-state index contributed by atoms with van der Waals surface area (Å²) in [5.74, 6) is 5.48. The van der Waals surface area contributed by atoms with Crippen LogP contribution in [0.5, 0.6) is 0 Å². The summed E-state index contributed by atoms with van der Waals surface area (Å²) in [6.45, 7) is 0. The number of rotatable bonds is 4. The van der Waals surface area contributed by atoms with Gasteiger partial charge in [-0.05, 0) is 25.5 Å². The quantitative estimate of drug-likeness (QED) is 0.566. The van der Waals surface area contributed by atoms with Crippen molar-refractivity contribution in [2.45, 2.75) is 37.0 Å². The maximum absolute atomic E-state index is 12.0. The molecule has 104 valence electrons. The van der Waals surface area contributed by atoms with Crippen LogP contribution in [0.2, 0.25) is 0 Å². The molecule has 0 saturated heterocycles. The maximum Gasteiger partial charge on any atom is 0.271 e. The van der Waals surface area contributed by atoms with Crippen LogP contribution in [0.25, 0.3) is 0 Å². The zero-order valence-corrected chi connectivity index (χ0v) is 11.7. The largest absolute Gasteiger partial charge is 0.348 e. The van der Waals surface area contributed by atoms with Gasteiger partial charge in [-0.15, -0.1) is 0 Å². The van der Waals surface area contributed by atoms with Gasteiger partial charge in [-0.1, -0.05) is 6.42 Å². The minimum Gasteiger partial charge on any atom is -0.348 e. The molecule has 4 N–H and O–H groups in total. The van der Waals surface area contributed by atoms with Crippen molar-refractivity contribution in [3.05, 3.63) is 18.1 Å². The molecule has 0 spiro atoms. The van der Waals surface area contributed by atoms with Crippen molar-refractivity contribution in [2.75, 3.05) is 11.7 Å². The van der Waals surface area contributed by atoms with Gasteiger partial charge in [0.25, 0.3) is 5.91 Å². The van der Waals surface area contributed by atoms with Crippen LogP contribution >= 0.6 is 11.8 Å². The summed E-state index contributed by atoms with van der Waals surface area (Å²) < 4.78 is 0. The number of hydrazine groups is 1. The Bertz CT molecular complexity index is 425. The molecule has 0 bridgehead atoms. The maximum atomic E-state index is 12.0. The summed E-state index contributed by atoms with van der Waals surface area (Å²) in [7, 11) is 0. The third-order valence-corrected chi connectivity index (χ3v) is 4.42. The van der Waals surface area contributed by atoms with Gasteiger partial charge in [0.1, 0.15) is 5.69 Å². The number of hydrogen-bond donors (Lipinski definition) is 3. The van der Waals surface area contributed by atoms with Crippen molar-refractivity contribution in [2.24, 2.45) is 5.84 Å². The third kappa shape index (κ3) is 3.81. The number of hydrogen-bond acceptors (Lipinski definition) is 6. The van der Waals surface area contributed by atoms with Crippen LogP contribution in [0, 0.1) is 0 Å². The summed E-state index contributed by atoms with van der Waals surface area (Å²) >= 11 is 1.88. The number of aromatic nitrogens is 2. The van der Waals surface area contributed by atoms with Crippen LogP contribution in [0.4, 0.5) is 5.82 Å². The van der Waals surface area contributed by atoms with E-state index in [1.54, 1.807) is 0 Å². The molecule has 0 radical (unpaired) electrons. The molecule has 1 aliphatic rings. The molecular weight excluding hydrogens is 262 g/mol. The number of carbonyl (C=O) groups excluding carboxylic acids is 1. The van der Waals surface area contributed by atoms with E-state index in [1.807, 2.05) is 11.8 Å². The number of thioether (sulfide) groups is 1. The Kier molecular flexibility index (Phi) is 4.98. The Morgan fingerprint density at radius 2 is 2.26 bits per heavy atom. The van der Waals surface area contributed by atoms with E-state index in [0.29, 0.717) is 16.8 Å². The molecule has 1 aliphatic carbocycles. The average molecular weight is 281 g/mol. The number of nitrogens with two attached hydrogens (primary N) is 1. The highest BCUT2D eigenvalue weighted by Gasteiger charge is 2.23. The van der Waals surface area contributed by atoms with Gasteiger partial charge in [0.05, 0.1) is 12.4 Å². The van der Waals surface area contributed by atoms with Gasteiger partial charge in [-0.3, -0.25) is 4.79 Å². The van der Waals surface area contributed by atoms with E-state index in [2.05, 4.69) is 27.0 Å². The summed E-state index contributed by atoms with van der Waals surface area (Å²) in [5, 5.41) is 3.68. The van der Waals surface area contributed by atoms with E-state index in [9.17, 15) is 4.79 Å². The van der Waals surface area contributed by atoms with Crippen molar-refractivity contribution in [1.82, 2.24) is 15.3 Å². The SMILES string of the molecule is CSC1CCCC(NC(=O)c2cnc(NN)cn2)C1. The fourth-order valence-electron chi connectivity index (χ4n) is 2.27. The highest BCUT2D eigenvalue weighted by molar-refractivity contribution is 7.99. The van der Waals surface area contributed by atoms with Crippen molar-refractivity contribution in [3.8, 4) is 0 Å². The second-order valence-electron chi connectivity index (χ2n) is 4.63. The van der Waals surface area contributed by atoms with Gasteiger partial charge in [0, 0.05) is 11.3 Å². The normalized spacial score (nSPS) is 22.8. The standard InChI is InChI=1S/C12H19N5OS/c1-19-9-4-2-3-8(5-9)16-12(18)10-6-15-11(17-13)7-14-10/h6-9H,2-5,13H2,1H3,(H,15,17)(H,16,18). The van der Waals surface area contributed by atoms with Gasteiger partial charge in [-0.25, -0.2) is 15.8 Å². The smallest absolute Gasteiger partial charge is 0.271 e. The summed E-state index contributed by atoms with van der Waals surface area (Å²) in [5.41, 5.74) is 2.70. The first-order valence-corrected chi connectivity index (χ1v) is 7.64. The van der Waals surface area contributed by atoms with E-state index in [4.69, 9.17) is 5.84 Å². The Balaban J connectivity index is 1.92. The van der Waals surface area contributed by atoms with Gasteiger partial charge < -0.3 is 10.7 Å². The lowest BCUT2D eigenvalue weighted by atomic mass is 9.95. The minimum absolute atomic E-state index is 0.164. The zero-order valence-electron chi connectivity index (χ0n) is 10.9. The van der Waals surface area contributed by atoms with Crippen LogP contribution < -0.4 is 16.6 Å². The van der Waals surface area contributed by atoms with E-state index in [-0.39, 0.29) is 11.9 Å². The molecule has 19 heavy (non-hydrogen) atoms. The molecule has 1 amide bonds. The molecule has 2 unspecified atom stereocenters. The molecule has 1 fully saturated rings.